The van der Waals surface area contributed by atoms with Crippen LogP contribution in [-0.4, -0.2) is 34.5 Å². The van der Waals surface area contributed by atoms with E-state index in [0.29, 0.717) is 5.02 Å². The molecule has 3 aliphatic rings. The molecule has 1 amide bonds. The number of amides is 1. The van der Waals surface area contributed by atoms with Crippen LogP contribution in [-0.2, 0) is 16.6 Å². The van der Waals surface area contributed by atoms with Crippen molar-refractivity contribution in [2.45, 2.75) is 90.0 Å². The van der Waals surface area contributed by atoms with Crippen molar-refractivity contribution in [3.05, 3.63) is 46.1 Å². The first-order valence-electron chi connectivity index (χ1n) is 12.1. The number of benzene rings is 1. The Morgan fingerprint density at radius 3 is 2.42 bits per heavy atom. The van der Waals surface area contributed by atoms with Gasteiger partial charge in [-0.25, -0.2) is 8.78 Å². The number of aliphatic hydroxyl groups is 1. The van der Waals surface area contributed by atoms with Gasteiger partial charge in [0, 0.05) is 48.5 Å². The second-order valence-corrected chi connectivity index (χ2v) is 12.3. The van der Waals surface area contributed by atoms with Gasteiger partial charge >= 0.3 is 0 Å². The summed E-state index contributed by atoms with van der Waals surface area (Å²) in [5, 5.41) is 10.2. The Hall–Kier alpha value is -1.46. The van der Waals surface area contributed by atoms with E-state index in [4.69, 9.17) is 11.6 Å². The van der Waals surface area contributed by atoms with Gasteiger partial charge in [-0.1, -0.05) is 51.4 Å². The van der Waals surface area contributed by atoms with E-state index in [-0.39, 0.29) is 49.0 Å². The molecule has 0 unspecified atom stereocenters. The zero-order valence-corrected chi connectivity index (χ0v) is 20.9. The number of nitrogens with zero attached hydrogens (tertiary/aromatic N) is 1. The fraction of sp³-hybridized carbons (Fsp3) is 0.667. The van der Waals surface area contributed by atoms with Crippen LogP contribution in [0.2, 0.25) is 5.02 Å². The van der Waals surface area contributed by atoms with Crippen molar-refractivity contribution in [1.82, 2.24) is 4.90 Å². The van der Waals surface area contributed by atoms with Gasteiger partial charge in [0.05, 0.1) is 0 Å². The second-order valence-electron chi connectivity index (χ2n) is 11.9. The highest BCUT2D eigenvalue weighted by Gasteiger charge is 2.52. The van der Waals surface area contributed by atoms with Crippen LogP contribution in [0.5, 0.6) is 0 Å². The zero-order valence-electron chi connectivity index (χ0n) is 20.1. The Morgan fingerprint density at radius 2 is 1.88 bits per heavy atom. The Balaban J connectivity index is 1.64. The number of carbonyl (C=O) groups is 1. The minimum Gasteiger partial charge on any atom is -0.396 e. The number of allylic oxidation sites excluding steroid dienone is 1. The van der Waals surface area contributed by atoms with Gasteiger partial charge in [0.15, 0.2) is 0 Å². The summed E-state index contributed by atoms with van der Waals surface area (Å²) >= 11 is 6.71. The van der Waals surface area contributed by atoms with Gasteiger partial charge in [-0.05, 0) is 65.7 Å². The molecule has 0 radical (unpaired) electrons. The van der Waals surface area contributed by atoms with Crippen LogP contribution in [0.4, 0.5) is 8.78 Å². The Labute approximate surface area is 201 Å². The smallest absolute Gasteiger partial charge is 0.252 e. The zero-order chi connectivity index (χ0) is 24.2. The molecule has 0 aromatic heterocycles. The van der Waals surface area contributed by atoms with Gasteiger partial charge in [0.2, 0.25) is 5.91 Å². The van der Waals surface area contributed by atoms with Gasteiger partial charge in [-0.15, -0.1) is 0 Å². The van der Waals surface area contributed by atoms with Gasteiger partial charge in [-0.2, -0.15) is 0 Å². The van der Waals surface area contributed by atoms with Crippen LogP contribution in [0, 0.1) is 17.3 Å². The lowest BCUT2D eigenvalue weighted by Crippen LogP contribution is -2.54. The topological polar surface area (TPSA) is 40.5 Å². The molecule has 1 aromatic carbocycles. The van der Waals surface area contributed by atoms with Crippen molar-refractivity contribution >= 4 is 17.5 Å². The monoisotopic (exact) mass is 479 g/mol. The van der Waals surface area contributed by atoms with Crippen LogP contribution in [0.25, 0.3) is 0 Å². The number of rotatable bonds is 6. The lowest BCUT2D eigenvalue weighted by Gasteiger charge is -2.50. The minimum atomic E-state index is -2.67. The van der Waals surface area contributed by atoms with E-state index in [9.17, 15) is 18.7 Å². The van der Waals surface area contributed by atoms with Gasteiger partial charge in [-0.3, -0.25) is 4.79 Å². The van der Waals surface area contributed by atoms with Gasteiger partial charge in [0.25, 0.3) is 5.92 Å². The molecule has 6 heteroatoms. The molecule has 1 aliphatic heterocycles. The summed E-state index contributed by atoms with van der Waals surface area (Å²) in [4.78, 5) is 14.7. The molecule has 1 heterocycles. The predicted octanol–water partition coefficient (Wildman–Crippen LogP) is 6.51. The van der Waals surface area contributed by atoms with E-state index >= 15 is 0 Å². The summed E-state index contributed by atoms with van der Waals surface area (Å²) in [6, 6.07) is 5.73. The highest BCUT2D eigenvalue weighted by molar-refractivity contribution is 6.31. The van der Waals surface area contributed by atoms with E-state index in [2.05, 4.69) is 39.8 Å². The van der Waals surface area contributed by atoms with E-state index in [1.165, 1.54) is 0 Å². The maximum atomic E-state index is 13.5. The predicted molar refractivity (Wildman–Crippen MR) is 127 cm³/mol. The lowest BCUT2D eigenvalue weighted by molar-refractivity contribution is -0.149. The first-order chi connectivity index (χ1) is 15.3. The molecule has 3 nitrogen and oxygen atoms in total. The normalized spacial score (nSPS) is 30.0. The van der Waals surface area contributed by atoms with Gasteiger partial charge in [0.1, 0.15) is 0 Å². The molecule has 2 aliphatic carbocycles. The molecule has 1 aromatic rings. The third-order valence-electron chi connectivity index (χ3n) is 7.94. The highest BCUT2D eigenvalue weighted by Crippen LogP contribution is 2.52. The van der Waals surface area contributed by atoms with E-state index in [1.807, 2.05) is 12.3 Å². The number of hydrogen-bond donors (Lipinski definition) is 1. The van der Waals surface area contributed by atoms with Crippen molar-refractivity contribution in [2.75, 3.05) is 6.61 Å². The van der Waals surface area contributed by atoms with Crippen molar-refractivity contribution < 1.29 is 18.7 Å². The number of carbonyl (C=O) groups excluding carboxylic acids is 1. The van der Waals surface area contributed by atoms with Crippen LogP contribution in [0.3, 0.4) is 0 Å². The molecule has 4 rings (SSSR count). The molecule has 1 N–H and O–H groups in total. The average molecular weight is 480 g/mol. The van der Waals surface area contributed by atoms with Crippen LogP contribution < -0.4 is 0 Å². The maximum absolute atomic E-state index is 13.5. The SMILES string of the molecule is CC(C)(C)CCc1ccc([C@]2(C)CC(=O)N(C3CC(F)(F)C3)C=C2C2CC(CO)C2)cc1Cl. The fourth-order valence-corrected chi connectivity index (χ4v) is 5.84. The first-order valence-corrected chi connectivity index (χ1v) is 12.5. The van der Waals surface area contributed by atoms with E-state index in [1.54, 1.807) is 4.90 Å². The summed E-state index contributed by atoms with van der Waals surface area (Å²) in [6.07, 6.45) is 5.22. The standard InChI is InChI=1S/C27H36ClF2NO2/c1-25(2,3)8-7-18-5-6-20(11-23(18)28)26(4)14-24(33)31(21-12-27(29,30)13-21)15-22(26)19-9-17(10-19)16-32/h5-6,11,15,17,19,21,32H,7-10,12-14,16H2,1-4H3/t17?,19?,26-/m0/s1. The van der Waals surface area contributed by atoms with E-state index in [0.717, 1.165) is 42.4 Å². The molecule has 182 valence electrons. The second kappa shape index (κ2) is 8.64. The number of aryl methyl sites for hydroxylation is 1. The van der Waals surface area contributed by atoms with Crippen LogP contribution >= 0.6 is 11.6 Å². The summed E-state index contributed by atoms with van der Waals surface area (Å²) in [5.74, 6) is -2.27. The third-order valence-corrected chi connectivity index (χ3v) is 8.29. The van der Waals surface area contributed by atoms with Crippen LogP contribution in [0.1, 0.15) is 77.3 Å². The fourth-order valence-electron chi connectivity index (χ4n) is 5.56. The molecule has 0 spiro atoms. The Kier molecular flexibility index (Phi) is 6.46. The van der Waals surface area contributed by atoms with Gasteiger partial charge < -0.3 is 10.0 Å². The van der Waals surface area contributed by atoms with Crippen molar-refractivity contribution in [3.8, 4) is 0 Å². The summed E-state index contributed by atoms with van der Waals surface area (Å²) in [6.45, 7) is 8.87. The number of halogens is 3. The quantitative estimate of drug-likeness (QED) is 0.505. The van der Waals surface area contributed by atoms with Crippen molar-refractivity contribution in [1.29, 1.82) is 0 Å². The Bertz CT molecular complexity index is 940. The number of alkyl halides is 2. The van der Waals surface area contributed by atoms with Crippen LogP contribution in [0.15, 0.2) is 30.0 Å². The summed E-state index contributed by atoms with van der Waals surface area (Å²) in [5.41, 5.74) is 2.90. The molecule has 2 saturated carbocycles. The number of aliphatic hydroxyl groups excluding tert-OH is 1. The molecule has 33 heavy (non-hydrogen) atoms. The number of hydrogen-bond acceptors (Lipinski definition) is 2. The average Bonchev–Trinajstić information content (AvgIpc) is 2.65. The van der Waals surface area contributed by atoms with Crippen molar-refractivity contribution in [3.63, 3.8) is 0 Å². The Morgan fingerprint density at radius 1 is 1.21 bits per heavy atom. The molecular weight excluding hydrogens is 444 g/mol. The molecule has 2 fully saturated rings. The molecule has 1 atom stereocenters. The summed E-state index contributed by atoms with van der Waals surface area (Å²) < 4.78 is 27.1. The lowest BCUT2D eigenvalue weighted by atomic mass is 9.60. The maximum Gasteiger partial charge on any atom is 0.252 e. The minimum absolute atomic E-state index is 0.104. The molecular formula is C27H36ClF2NO2. The highest BCUT2D eigenvalue weighted by atomic mass is 35.5. The molecule has 0 bridgehead atoms. The van der Waals surface area contributed by atoms with Crippen molar-refractivity contribution in [2.24, 2.45) is 17.3 Å². The first kappa shape index (κ1) is 24.7. The molecule has 0 saturated heterocycles. The van der Waals surface area contributed by atoms with E-state index < -0.39 is 17.4 Å². The summed E-state index contributed by atoms with van der Waals surface area (Å²) in [7, 11) is 0. The third kappa shape index (κ3) is 5.00. The largest absolute Gasteiger partial charge is 0.396 e.